The molecule has 0 fully saturated rings. The maximum Gasteiger partial charge on any atom is 0.262 e. The maximum absolute atomic E-state index is 13.5. The van der Waals surface area contributed by atoms with E-state index in [9.17, 15) is 9.18 Å². The van der Waals surface area contributed by atoms with Gasteiger partial charge in [-0.2, -0.15) is 0 Å². The van der Waals surface area contributed by atoms with Crippen molar-refractivity contribution >= 4 is 55.1 Å². The first-order valence-electron chi connectivity index (χ1n) is 5.78. The van der Waals surface area contributed by atoms with Crippen LogP contribution in [0, 0.1) is 5.82 Å². The molecule has 1 amide bonds. The molecule has 21 heavy (non-hydrogen) atoms. The van der Waals surface area contributed by atoms with Gasteiger partial charge in [-0.1, -0.05) is 27.5 Å². The van der Waals surface area contributed by atoms with Gasteiger partial charge < -0.3 is 10.1 Å². The fraction of sp³-hybridized carbons (Fsp3) is 0.0714. The van der Waals surface area contributed by atoms with Crippen molar-refractivity contribution in [3.63, 3.8) is 0 Å². The smallest absolute Gasteiger partial charge is 0.262 e. The van der Waals surface area contributed by atoms with Crippen molar-refractivity contribution in [3.8, 4) is 5.75 Å². The Kier molecular flexibility index (Phi) is 5.61. The number of benzene rings is 2. The Bertz CT molecular complexity index is 682. The van der Waals surface area contributed by atoms with Crippen LogP contribution in [0.1, 0.15) is 0 Å². The number of hydrogen-bond donors (Lipinski definition) is 1. The average molecular weight is 437 g/mol. The van der Waals surface area contributed by atoms with E-state index < -0.39 is 11.7 Å². The maximum atomic E-state index is 13.5. The highest BCUT2D eigenvalue weighted by atomic mass is 79.9. The van der Waals surface area contributed by atoms with Crippen LogP contribution in [-0.2, 0) is 4.79 Å². The highest BCUT2D eigenvalue weighted by Crippen LogP contribution is 2.28. The summed E-state index contributed by atoms with van der Waals surface area (Å²) >= 11 is 12.3. The molecule has 0 aliphatic carbocycles. The van der Waals surface area contributed by atoms with E-state index in [1.54, 1.807) is 18.2 Å². The lowest BCUT2D eigenvalue weighted by Gasteiger charge is -2.09. The highest BCUT2D eigenvalue weighted by molar-refractivity contribution is 9.11. The number of halogens is 4. The molecule has 0 atom stereocenters. The molecule has 3 nitrogen and oxygen atoms in total. The van der Waals surface area contributed by atoms with Gasteiger partial charge in [-0.3, -0.25) is 4.79 Å². The molecule has 0 aromatic heterocycles. The lowest BCUT2D eigenvalue weighted by atomic mass is 10.3. The van der Waals surface area contributed by atoms with Gasteiger partial charge in [0, 0.05) is 9.50 Å². The summed E-state index contributed by atoms with van der Waals surface area (Å²) in [5.74, 6) is -0.545. The van der Waals surface area contributed by atoms with Crippen molar-refractivity contribution < 1.29 is 13.9 Å². The fourth-order valence-corrected chi connectivity index (χ4v) is 2.83. The second-order valence-electron chi connectivity index (χ2n) is 4.04. The molecule has 0 bridgehead atoms. The summed E-state index contributed by atoms with van der Waals surface area (Å²) in [6.45, 7) is -0.234. The zero-order valence-electron chi connectivity index (χ0n) is 10.5. The number of carbonyl (C=O) groups excluding carboxylic acids is 1. The first kappa shape index (κ1) is 16.3. The third-order valence-corrected chi connectivity index (χ3v) is 3.81. The van der Waals surface area contributed by atoms with Gasteiger partial charge in [0.25, 0.3) is 5.91 Å². The fourth-order valence-electron chi connectivity index (χ4n) is 1.51. The van der Waals surface area contributed by atoms with Gasteiger partial charge in [0.2, 0.25) is 0 Å². The zero-order valence-corrected chi connectivity index (χ0v) is 14.4. The first-order valence-corrected chi connectivity index (χ1v) is 7.75. The van der Waals surface area contributed by atoms with Crippen molar-refractivity contribution in [1.29, 1.82) is 0 Å². The molecule has 0 saturated heterocycles. The van der Waals surface area contributed by atoms with E-state index in [0.717, 1.165) is 10.5 Å². The Morgan fingerprint density at radius 2 is 2.00 bits per heavy atom. The monoisotopic (exact) mass is 435 g/mol. The standard InChI is InChI=1S/C14H9Br2ClFNO2/c15-8-1-4-13(10(16)5-8)21-7-14(20)19-12-3-2-9(17)6-11(12)18/h1-6H,7H2,(H,19,20). The topological polar surface area (TPSA) is 38.3 Å². The van der Waals surface area contributed by atoms with E-state index in [-0.39, 0.29) is 17.3 Å². The predicted octanol–water partition coefficient (Wildman–Crippen LogP) is 5.02. The van der Waals surface area contributed by atoms with Gasteiger partial charge in [0.15, 0.2) is 6.61 Å². The molecular formula is C14H9Br2ClFNO2. The molecule has 110 valence electrons. The van der Waals surface area contributed by atoms with Gasteiger partial charge in [-0.05, 0) is 52.3 Å². The second-order valence-corrected chi connectivity index (χ2v) is 6.24. The van der Waals surface area contributed by atoms with Crippen molar-refractivity contribution in [1.82, 2.24) is 0 Å². The molecule has 0 radical (unpaired) electrons. The average Bonchev–Trinajstić information content (AvgIpc) is 2.41. The summed E-state index contributed by atoms with van der Waals surface area (Å²) in [5.41, 5.74) is 0.0582. The summed E-state index contributed by atoms with van der Waals surface area (Å²) < 4.78 is 20.5. The lowest BCUT2D eigenvalue weighted by molar-refractivity contribution is -0.118. The largest absolute Gasteiger partial charge is 0.483 e. The minimum absolute atomic E-state index is 0.0582. The van der Waals surface area contributed by atoms with Crippen molar-refractivity contribution in [2.75, 3.05) is 11.9 Å². The number of nitrogens with one attached hydrogen (secondary N) is 1. The summed E-state index contributed by atoms with van der Waals surface area (Å²) in [6.07, 6.45) is 0. The molecule has 1 N–H and O–H groups in total. The molecule has 2 rings (SSSR count). The van der Waals surface area contributed by atoms with Crippen LogP contribution < -0.4 is 10.1 Å². The van der Waals surface area contributed by atoms with E-state index in [1.165, 1.54) is 12.1 Å². The van der Waals surface area contributed by atoms with Crippen LogP contribution in [0.25, 0.3) is 0 Å². The minimum Gasteiger partial charge on any atom is -0.483 e. The van der Waals surface area contributed by atoms with Crippen LogP contribution in [0.15, 0.2) is 45.3 Å². The summed E-state index contributed by atoms with van der Waals surface area (Å²) in [6, 6.07) is 9.31. The molecule has 2 aromatic carbocycles. The molecule has 0 aliphatic rings. The molecule has 0 heterocycles. The molecule has 0 saturated carbocycles. The van der Waals surface area contributed by atoms with Crippen molar-refractivity contribution in [3.05, 3.63) is 56.2 Å². The third-order valence-electron chi connectivity index (χ3n) is 2.46. The van der Waals surface area contributed by atoms with Crippen molar-refractivity contribution in [2.24, 2.45) is 0 Å². The Labute approximate surface area is 142 Å². The van der Waals surface area contributed by atoms with Gasteiger partial charge in [0.05, 0.1) is 10.2 Å². The van der Waals surface area contributed by atoms with E-state index in [4.69, 9.17) is 16.3 Å². The van der Waals surface area contributed by atoms with E-state index in [1.807, 2.05) is 0 Å². The number of ether oxygens (including phenoxy) is 1. The van der Waals surface area contributed by atoms with E-state index in [0.29, 0.717) is 10.2 Å². The minimum atomic E-state index is -0.597. The van der Waals surface area contributed by atoms with Crippen LogP contribution in [0.5, 0.6) is 5.75 Å². The molecule has 2 aromatic rings. The second kappa shape index (κ2) is 7.24. The number of rotatable bonds is 4. The van der Waals surface area contributed by atoms with Crippen LogP contribution in [-0.4, -0.2) is 12.5 Å². The highest BCUT2D eigenvalue weighted by Gasteiger charge is 2.09. The van der Waals surface area contributed by atoms with Gasteiger partial charge in [-0.15, -0.1) is 0 Å². The lowest BCUT2D eigenvalue weighted by Crippen LogP contribution is -2.20. The number of hydrogen-bond acceptors (Lipinski definition) is 2. The zero-order chi connectivity index (χ0) is 15.4. The van der Waals surface area contributed by atoms with Crippen LogP contribution >= 0.6 is 43.5 Å². The van der Waals surface area contributed by atoms with Gasteiger partial charge in [0.1, 0.15) is 11.6 Å². The molecule has 0 aliphatic heterocycles. The Balaban J connectivity index is 1.96. The Hall–Kier alpha value is -1.11. The summed E-state index contributed by atoms with van der Waals surface area (Å²) in [5, 5.41) is 2.68. The Morgan fingerprint density at radius 1 is 1.24 bits per heavy atom. The quantitative estimate of drug-likeness (QED) is 0.729. The molecule has 0 spiro atoms. The van der Waals surface area contributed by atoms with Crippen LogP contribution in [0.3, 0.4) is 0 Å². The van der Waals surface area contributed by atoms with Crippen LogP contribution in [0.2, 0.25) is 5.02 Å². The van der Waals surface area contributed by atoms with E-state index in [2.05, 4.69) is 37.2 Å². The SMILES string of the molecule is O=C(COc1ccc(Br)cc1Br)Nc1ccc(Cl)cc1F. The summed E-state index contributed by atoms with van der Waals surface area (Å²) in [7, 11) is 0. The predicted molar refractivity (Wildman–Crippen MR) is 87.4 cm³/mol. The van der Waals surface area contributed by atoms with Gasteiger partial charge >= 0.3 is 0 Å². The first-order chi connectivity index (χ1) is 9.95. The molecule has 7 heteroatoms. The van der Waals surface area contributed by atoms with Gasteiger partial charge in [-0.25, -0.2) is 4.39 Å². The van der Waals surface area contributed by atoms with Crippen molar-refractivity contribution in [2.45, 2.75) is 0 Å². The van der Waals surface area contributed by atoms with E-state index >= 15 is 0 Å². The number of carbonyl (C=O) groups is 1. The third kappa shape index (κ3) is 4.69. The van der Waals surface area contributed by atoms with Crippen LogP contribution in [0.4, 0.5) is 10.1 Å². The molecule has 0 unspecified atom stereocenters. The normalized spacial score (nSPS) is 10.3. The Morgan fingerprint density at radius 3 is 2.67 bits per heavy atom. The number of amides is 1. The molecular weight excluding hydrogens is 428 g/mol. The number of anilines is 1. The summed E-state index contributed by atoms with van der Waals surface area (Å²) in [4.78, 5) is 11.7.